The van der Waals surface area contributed by atoms with Crippen LogP contribution in [0.25, 0.3) is 0 Å². The number of anilines is 1. The van der Waals surface area contributed by atoms with Crippen LogP contribution < -0.4 is 4.90 Å². The Morgan fingerprint density at radius 1 is 1.00 bits per heavy atom. The van der Waals surface area contributed by atoms with Gasteiger partial charge in [-0.05, 0) is 79.6 Å². The number of furan rings is 1. The molecular formula is C28H34N2O3S. The molecule has 0 atom stereocenters. The Morgan fingerprint density at radius 3 is 2.47 bits per heavy atom. The molecule has 0 N–H and O–H groups in total. The maximum Gasteiger partial charge on any atom is 0.243 e. The second-order valence-electron chi connectivity index (χ2n) is 9.53. The van der Waals surface area contributed by atoms with E-state index in [1.165, 1.54) is 11.3 Å². The summed E-state index contributed by atoms with van der Waals surface area (Å²) in [6.07, 6.45) is 8.58. The molecule has 0 amide bonds. The van der Waals surface area contributed by atoms with E-state index in [4.69, 9.17) is 4.42 Å². The van der Waals surface area contributed by atoms with Gasteiger partial charge < -0.3 is 9.32 Å². The topological polar surface area (TPSA) is 53.8 Å². The van der Waals surface area contributed by atoms with E-state index in [1.807, 2.05) is 24.3 Å². The monoisotopic (exact) mass is 478 g/mol. The van der Waals surface area contributed by atoms with Crippen molar-refractivity contribution in [2.45, 2.75) is 69.4 Å². The van der Waals surface area contributed by atoms with Crippen LogP contribution in [-0.2, 0) is 29.4 Å². The largest absolute Gasteiger partial charge is 0.469 e. The van der Waals surface area contributed by atoms with E-state index in [9.17, 15) is 8.42 Å². The van der Waals surface area contributed by atoms with E-state index in [-0.39, 0.29) is 6.04 Å². The van der Waals surface area contributed by atoms with Crippen LogP contribution in [0.4, 0.5) is 5.69 Å². The minimum atomic E-state index is -3.60. The zero-order valence-electron chi connectivity index (χ0n) is 19.9. The van der Waals surface area contributed by atoms with Crippen LogP contribution in [0.1, 0.15) is 61.5 Å². The summed E-state index contributed by atoms with van der Waals surface area (Å²) in [6, 6.07) is 17.7. The van der Waals surface area contributed by atoms with Gasteiger partial charge in [0, 0.05) is 37.8 Å². The summed E-state index contributed by atoms with van der Waals surface area (Å²) < 4.78 is 34.9. The molecule has 34 heavy (non-hydrogen) atoms. The average molecular weight is 479 g/mol. The van der Waals surface area contributed by atoms with Gasteiger partial charge in [-0.25, -0.2) is 8.42 Å². The normalized spacial score (nSPS) is 16.8. The van der Waals surface area contributed by atoms with Crippen molar-refractivity contribution >= 4 is 15.7 Å². The Labute approximate surface area is 203 Å². The third-order valence-electron chi connectivity index (χ3n) is 7.30. The fourth-order valence-corrected chi connectivity index (χ4v) is 7.14. The number of hydrogen-bond acceptors (Lipinski definition) is 4. The van der Waals surface area contributed by atoms with E-state index in [0.717, 1.165) is 68.5 Å². The van der Waals surface area contributed by atoms with Crippen LogP contribution in [0.2, 0.25) is 0 Å². The fraction of sp³-hybridized carbons (Fsp3) is 0.429. The van der Waals surface area contributed by atoms with Gasteiger partial charge in [-0.15, -0.1) is 0 Å². The number of hydrogen-bond donors (Lipinski definition) is 0. The van der Waals surface area contributed by atoms with Crippen molar-refractivity contribution in [3.8, 4) is 0 Å². The molecule has 5 rings (SSSR count). The van der Waals surface area contributed by atoms with Crippen molar-refractivity contribution in [2.24, 2.45) is 0 Å². The van der Waals surface area contributed by atoms with Gasteiger partial charge in [0.15, 0.2) is 0 Å². The molecule has 0 unspecified atom stereocenters. The van der Waals surface area contributed by atoms with Crippen LogP contribution in [0.3, 0.4) is 0 Å². The highest BCUT2D eigenvalue weighted by molar-refractivity contribution is 7.89. The molecule has 3 aromatic rings. The van der Waals surface area contributed by atoms with Crippen LogP contribution >= 0.6 is 0 Å². The van der Waals surface area contributed by atoms with E-state index < -0.39 is 10.0 Å². The van der Waals surface area contributed by atoms with Gasteiger partial charge in [-0.2, -0.15) is 4.31 Å². The van der Waals surface area contributed by atoms with E-state index in [0.29, 0.717) is 17.9 Å². The lowest BCUT2D eigenvalue weighted by atomic mass is 9.99. The Kier molecular flexibility index (Phi) is 6.79. The zero-order chi connectivity index (χ0) is 23.5. The molecule has 0 spiro atoms. The van der Waals surface area contributed by atoms with E-state index in [1.54, 1.807) is 22.7 Å². The van der Waals surface area contributed by atoms with Crippen molar-refractivity contribution in [3.63, 3.8) is 0 Å². The second-order valence-corrected chi connectivity index (χ2v) is 11.4. The standard InChI is InChI=1S/C28H34N2O3S/c1-2-29-17-5-7-24-19-23(13-16-28(24)29)21-30(25-8-3-4-9-25)34(31,32)27-14-11-22(12-15-27)20-26-10-6-18-33-26/h6,10-16,18-19,25H,2-5,7-9,17,20-21H2,1H3. The van der Waals surface area contributed by atoms with Crippen LogP contribution in [0, 0.1) is 0 Å². The summed E-state index contributed by atoms with van der Waals surface area (Å²) in [5.74, 6) is 0.872. The van der Waals surface area contributed by atoms with Gasteiger partial charge in [0.1, 0.15) is 5.76 Å². The molecule has 0 radical (unpaired) electrons. The minimum Gasteiger partial charge on any atom is -0.469 e. The van der Waals surface area contributed by atoms with Gasteiger partial charge in [0.25, 0.3) is 0 Å². The molecule has 1 saturated carbocycles. The summed E-state index contributed by atoms with van der Waals surface area (Å²) in [7, 11) is -3.60. The molecule has 0 saturated heterocycles. The molecule has 1 aromatic heterocycles. The Hall–Kier alpha value is -2.57. The molecule has 2 aliphatic rings. The molecule has 6 heteroatoms. The maximum atomic E-state index is 13.8. The Morgan fingerprint density at radius 2 is 1.76 bits per heavy atom. The predicted molar refractivity (Wildman–Crippen MR) is 136 cm³/mol. The minimum absolute atomic E-state index is 0.0657. The van der Waals surface area contributed by atoms with Crippen molar-refractivity contribution in [2.75, 3.05) is 18.0 Å². The summed E-state index contributed by atoms with van der Waals surface area (Å²) in [6.45, 7) is 4.73. The van der Waals surface area contributed by atoms with Crippen LogP contribution in [0.15, 0.2) is 70.2 Å². The summed E-state index contributed by atoms with van der Waals surface area (Å²) in [5.41, 5.74) is 4.77. The number of sulfonamides is 1. The van der Waals surface area contributed by atoms with Crippen molar-refractivity contribution in [3.05, 3.63) is 83.3 Å². The first-order chi connectivity index (χ1) is 16.5. The molecule has 1 aliphatic carbocycles. The molecule has 2 aromatic carbocycles. The van der Waals surface area contributed by atoms with E-state index >= 15 is 0 Å². The summed E-state index contributed by atoms with van der Waals surface area (Å²) >= 11 is 0. The Bertz CT molecular complexity index is 1200. The highest BCUT2D eigenvalue weighted by Crippen LogP contribution is 2.33. The smallest absolute Gasteiger partial charge is 0.243 e. The molecular weight excluding hydrogens is 444 g/mol. The number of rotatable bonds is 8. The third-order valence-corrected chi connectivity index (χ3v) is 9.21. The van der Waals surface area contributed by atoms with Gasteiger partial charge in [-0.1, -0.05) is 37.1 Å². The lowest BCUT2D eigenvalue weighted by molar-refractivity contribution is 0.316. The number of aryl methyl sites for hydroxylation is 1. The molecule has 0 bridgehead atoms. The van der Waals surface area contributed by atoms with E-state index in [2.05, 4.69) is 30.0 Å². The first-order valence-corrected chi connectivity index (χ1v) is 14.0. The number of benzene rings is 2. The first kappa shape index (κ1) is 23.2. The predicted octanol–water partition coefficient (Wildman–Crippen LogP) is 5.78. The van der Waals surface area contributed by atoms with Crippen molar-refractivity contribution < 1.29 is 12.8 Å². The molecule has 1 fully saturated rings. The van der Waals surface area contributed by atoms with Crippen LogP contribution in [0.5, 0.6) is 0 Å². The molecule has 5 nitrogen and oxygen atoms in total. The average Bonchev–Trinajstić information content (AvgIpc) is 3.57. The first-order valence-electron chi connectivity index (χ1n) is 12.5. The lowest BCUT2D eigenvalue weighted by Gasteiger charge is -2.32. The summed E-state index contributed by atoms with van der Waals surface area (Å²) in [4.78, 5) is 2.79. The van der Waals surface area contributed by atoms with Gasteiger partial charge in [0.2, 0.25) is 10.0 Å². The van der Waals surface area contributed by atoms with Gasteiger partial charge in [0.05, 0.1) is 11.2 Å². The van der Waals surface area contributed by atoms with Gasteiger partial charge >= 0.3 is 0 Å². The number of fused-ring (bicyclic) bond motifs is 1. The van der Waals surface area contributed by atoms with Crippen molar-refractivity contribution in [1.82, 2.24) is 4.31 Å². The molecule has 2 heterocycles. The molecule has 180 valence electrons. The Balaban J connectivity index is 1.40. The highest BCUT2D eigenvalue weighted by atomic mass is 32.2. The fourth-order valence-electron chi connectivity index (χ4n) is 5.47. The molecule has 1 aliphatic heterocycles. The SMILES string of the molecule is CCN1CCCc2cc(CN(C3CCCC3)S(=O)(=O)c3ccc(Cc4ccco4)cc3)ccc21. The summed E-state index contributed by atoms with van der Waals surface area (Å²) in [5, 5.41) is 0. The second kappa shape index (κ2) is 9.96. The van der Waals surface area contributed by atoms with Gasteiger partial charge in [-0.3, -0.25) is 0 Å². The quantitative estimate of drug-likeness (QED) is 0.412. The zero-order valence-corrected chi connectivity index (χ0v) is 20.8. The third kappa shape index (κ3) is 4.80. The van der Waals surface area contributed by atoms with Crippen LogP contribution in [-0.4, -0.2) is 31.9 Å². The number of nitrogens with zero attached hydrogens (tertiary/aromatic N) is 2. The maximum absolute atomic E-state index is 13.8. The van der Waals surface area contributed by atoms with Crippen molar-refractivity contribution in [1.29, 1.82) is 0 Å². The highest BCUT2D eigenvalue weighted by Gasteiger charge is 2.33. The lowest BCUT2D eigenvalue weighted by Crippen LogP contribution is -2.38.